The van der Waals surface area contributed by atoms with Crippen molar-refractivity contribution in [2.45, 2.75) is 6.42 Å². The number of halogens is 2. The van der Waals surface area contributed by atoms with Gasteiger partial charge in [0.15, 0.2) is 11.5 Å². The molecule has 0 spiro atoms. The smallest absolute Gasteiger partial charge is 0.223 e. The summed E-state index contributed by atoms with van der Waals surface area (Å²) in [4.78, 5) is 13.1. The van der Waals surface area contributed by atoms with E-state index in [1.165, 1.54) is 16.6 Å². The van der Waals surface area contributed by atoms with E-state index in [1.54, 1.807) is 29.7 Å². The maximum Gasteiger partial charge on any atom is 0.223 e. The van der Waals surface area contributed by atoms with Crippen LogP contribution in [0.4, 0.5) is 10.3 Å². The zero-order chi connectivity index (χ0) is 16.7. The van der Waals surface area contributed by atoms with Gasteiger partial charge in [-0.1, -0.05) is 0 Å². The molecule has 24 heavy (non-hydrogen) atoms. The fourth-order valence-electron chi connectivity index (χ4n) is 2.32. The van der Waals surface area contributed by atoms with Gasteiger partial charge in [-0.15, -0.1) is 16.4 Å². The molecule has 9 heteroatoms. The Kier molecular flexibility index (Phi) is 3.73. The number of nitrogens with two attached hydrogens (primary N) is 1. The number of aromatic nitrogens is 5. The predicted molar refractivity (Wildman–Crippen MR) is 93.2 cm³/mol. The molecule has 0 aliphatic heterocycles. The van der Waals surface area contributed by atoms with Gasteiger partial charge >= 0.3 is 0 Å². The van der Waals surface area contributed by atoms with Gasteiger partial charge in [0.2, 0.25) is 5.95 Å². The van der Waals surface area contributed by atoms with Crippen LogP contribution in [0.3, 0.4) is 0 Å². The number of hydrogen-bond acceptors (Lipinski definition) is 6. The van der Waals surface area contributed by atoms with E-state index in [-0.39, 0.29) is 11.8 Å². The quantitative estimate of drug-likeness (QED) is 0.566. The second kappa shape index (κ2) is 5.91. The van der Waals surface area contributed by atoms with Crippen molar-refractivity contribution in [3.63, 3.8) is 0 Å². The standard InChI is InChI=1S/C15H10BrFN6S/c16-12-13(8-1-3-9(17)4-2-8)21-15(18)23-14(12)20-10(22-23)7-11-19-5-6-24-11/h1-6H,7H2,(H2,18,21). The van der Waals surface area contributed by atoms with Crippen LogP contribution in [-0.2, 0) is 6.42 Å². The first-order valence-electron chi connectivity index (χ1n) is 6.97. The van der Waals surface area contributed by atoms with Gasteiger partial charge in [0.1, 0.15) is 10.8 Å². The minimum Gasteiger partial charge on any atom is -0.368 e. The average molecular weight is 405 g/mol. The second-order valence-corrected chi connectivity index (χ2v) is 6.78. The molecule has 120 valence electrons. The molecule has 0 atom stereocenters. The monoisotopic (exact) mass is 404 g/mol. The van der Waals surface area contributed by atoms with E-state index in [0.717, 1.165) is 10.6 Å². The van der Waals surface area contributed by atoms with Crippen LogP contribution in [0.2, 0.25) is 0 Å². The van der Waals surface area contributed by atoms with Crippen molar-refractivity contribution >= 4 is 38.9 Å². The first kappa shape index (κ1) is 15.2. The van der Waals surface area contributed by atoms with Gasteiger partial charge in [0.25, 0.3) is 0 Å². The SMILES string of the molecule is Nc1nc(-c2ccc(F)cc2)c(Br)c2nc(Cc3nccs3)nn12. The number of thiazole rings is 1. The van der Waals surface area contributed by atoms with Crippen LogP contribution in [0, 0.1) is 5.82 Å². The molecule has 3 heterocycles. The highest BCUT2D eigenvalue weighted by Crippen LogP contribution is 2.31. The summed E-state index contributed by atoms with van der Waals surface area (Å²) >= 11 is 5.06. The van der Waals surface area contributed by atoms with E-state index in [4.69, 9.17) is 5.73 Å². The van der Waals surface area contributed by atoms with Gasteiger partial charge in [-0.2, -0.15) is 4.52 Å². The molecule has 0 saturated heterocycles. The van der Waals surface area contributed by atoms with Crippen LogP contribution in [0.5, 0.6) is 0 Å². The van der Waals surface area contributed by atoms with Gasteiger partial charge < -0.3 is 5.73 Å². The van der Waals surface area contributed by atoms with Crippen LogP contribution in [0.25, 0.3) is 16.9 Å². The summed E-state index contributed by atoms with van der Waals surface area (Å²) in [6.07, 6.45) is 2.27. The highest BCUT2D eigenvalue weighted by Gasteiger charge is 2.17. The van der Waals surface area contributed by atoms with Gasteiger partial charge in [-0.05, 0) is 40.2 Å². The number of nitrogen functional groups attached to an aromatic ring is 1. The number of nitrogens with zero attached hydrogens (tertiary/aromatic N) is 5. The van der Waals surface area contributed by atoms with Crippen LogP contribution in [0.15, 0.2) is 40.3 Å². The van der Waals surface area contributed by atoms with Crippen molar-refractivity contribution in [3.8, 4) is 11.3 Å². The lowest BCUT2D eigenvalue weighted by atomic mass is 10.1. The van der Waals surface area contributed by atoms with Crippen molar-refractivity contribution in [2.75, 3.05) is 5.73 Å². The molecule has 2 N–H and O–H groups in total. The van der Waals surface area contributed by atoms with E-state index in [2.05, 4.69) is 36.0 Å². The van der Waals surface area contributed by atoms with Crippen molar-refractivity contribution < 1.29 is 4.39 Å². The summed E-state index contributed by atoms with van der Waals surface area (Å²) in [6, 6.07) is 6.04. The summed E-state index contributed by atoms with van der Waals surface area (Å²) in [5, 5.41) is 7.22. The summed E-state index contributed by atoms with van der Waals surface area (Å²) in [6.45, 7) is 0. The third-order valence-corrected chi connectivity index (χ3v) is 4.92. The Morgan fingerprint density at radius 1 is 1.21 bits per heavy atom. The maximum absolute atomic E-state index is 13.1. The van der Waals surface area contributed by atoms with Gasteiger partial charge in [-0.3, -0.25) is 0 Å². The molecule has 0 aliphatic rings. The molecule has 3 aromatic heterocycles. The largest absolute Gasteiger partial charge is 0.368 e. The second-order valence-electron chi connectivity index (χ2n) is 5.01. The van der Waals surface area contributed by atoms with E-state index in [0.29, 0.717) is 28.1 Å². The molecule has 0 radical (unpaired) electrons. The van der Waals surface area contributed by atoms with E-state index in [9.17, 15) is 4.39 Å². The fourth-order valence-corrected chi connectivity index (χ4v) is 3.51. The maximum atomic E-state index is 13.1. The van der Waals surface area contributed by atoms with Crippen molar-refractivity contribution in [1.82, 2.24) is 24.6 Å². The summed E-state index contributed by atoms with van der Waals surface area (Å²) in [5.41, 5.74) is 7.91. The predicted octanol–water partition coefficient (Wildman–Crippen LogP) is 3.32. The highest BCUT2D eigenvalue weighted by molar-refractivity contribution is 9.10. The first-order valence-corrected chi connectivity index (χ1v) is 8.64. The zero-order valence-corrected chi connectivity index (χ0v) is 14.6. The topological polar surface area (TPSA) is 82.0 Å². The van der Waals surface area contributed by atoms with Crippen LogP contribution >= 0.6 is 27.3 Å². The molecule has 4 aromatic rings. The van der Waals surface area contributed by atoms with Crippen LogP contribution in [-0.4, -0.2) is 24.6 Å². The molecule has 0 fully saturated rings. The fraction of sp³-hybridized carbons (Fsp3) is 0.0667. The number of rotatable bonds is 3. The van der Waals surface area contributed by atoms with Crippen molar-refractivity contribution in [2.24, 2.45) is 0 Å². The molecule has 0 amide bonds. The highest BCUT2D eigenvalue weighted by atomic mass is 79.9. The summed E-state index contributed by atoms with van der Waals surface area (Å²) in [5.74, 6) is 0.512. The minimum atomic E-state index is -0.308. The third kappa shape index (κ3) is 2.65. The number of benzene rings is 1. The summed E-state index contributed by atoms with van der Waals surface area (Å²) < 4.78 is 15.3. The minimum absolute atomic E-state index is 0.213. The average Bonchev–Trinajstić information content (AvgIpc) is 3.22. The molecule has 0 saturated carbocycles. The van der Waals surface area contributed by atoms with E-state index < -0.39 is 0 Å². The Morgan fingerprint density at radius 2 is 2.00 bits per heavy atom. The number of fused-ring (bicyclic) bond motifs is 1. The van der Waals surface area contributed by atoms with Crippen molar-refractivity contribution in [1.29, 1.82) is 0 Å². The van der Waals surface area contributed by atoms with Crippen molar-refractivity contribution in [3.05, 3.63) is 57.0 Å². The lowest BCUT2D eigenvalue weighted by Crippen LogP contribution is -2.04. The first-order chi connectivity index (χ1) is 11.6. The lowest BCUT2D eigenvalue weighted by molar-refractivity contribution is 0.628. The summed E-state index contributed by atoms with van der Waals surface area (Å²) in [7, 11) is 0. The molecular formula is C15H10BrFN6S. The normalized spacial score (nSPS) is 11.2. The molecule has 0 bridgehead atoms. The third-order valence-electron chi connectivity index (χ3n) is 3.41. The molecule has 6 nitrogen and oxygen atoms in total. The van der Waals surface area contributed by atoms with E-state index >= 15 is 0 Å². The van der Waals surface area contributed by atoms with E-state index in [1.807, 2.05) is 5.38 Å². The number of hydrogen-bond donors (Lipinski definition) is 1. The Balaban J connectivity index is 1.83. The lowest BCUT2D eigenvalue weighted by Gasteiger charge is -2.06. The van der Waals surface area contributed by atoms with Crippen LogP contribution < -0.4 is 5.73 Å². The molecule has 0 aliphatic carbocycles. The Hall–Kier alpha value is -2.39. The molecule has 0 unspecified atom stereocenters. The molecule has 4 rings (SSSR count). The van der Waals surface area contributed by atoms with Gasteiger partial charge in [0.05, 0.1) is 16.6 Å². The van der Waals surface area contributed by atoms with Gasteiger partial charge in [0, 0.05) is 17.1 Å². The van der Waals surface area contributed by atoms with Crippen LogP contribution in [0.1, 0.15) is 10.8 Å². The zero-order valence-electron chi connectivity index (χ0n) is 12.1. The molecule has 1 aromatic carbocycles. The molecular weight excluding hydrogens is 395 g/mol. The Bertz CT molecular complexity index is 1010. The Labute approximate surface area is 148 Å². The van der Waals surface area contributed by atoms with Gasteiger partial charge in [-0.25, -0.2) is 19.3 Å². The Morgan fingerprint density at radius 3 is 2.71 bits per heavy atom. The number of anilines is 1.